The van der Waals surface area contributed by atoms with Gasteiger partial charge in [-0.1, -0.05) is 37.4 Å². The van der Waals surface area contributed by atoms with Gasteiger partial charge in [0.15, 0.2) is 0 Å². The lowest BCUT2D eigenvalue weighted by Crippen LogP contribution is -2.16. The van der Waals surface area contributed by atoms with Crippen LogP contribution in [0.5, 0.6) is 0 Å². The van der Waals surface area contributed by atoms with Crippen molar-refractivity contribution in [3.8, 4) is 0 Å². The van der Waals surface area contributed by atoms with Crippen LogP contribution in [0.3, 0.4) is 0 Å². The number of hydrogen-bond donors (Lipinski definition) is 0. The van der Waals surface area contributed by atoms with Crippen LogP contribution in [0.4, 0.5) is 0 Å². The molecule has 0 saturated carbocycles. The van der Waals surface area contributed by atoms with Gasteiger partial charge in [0, 0.05) is 24.0 Å². The van der Waals surface area contributed by atoms with Crippen molar-refractivity contribution in [2.24, 2.45) is 4.99 Å². The van der Waals surface area contributed by atoms with E-state index in [2.05, 4.69) is 37.2 Å². The summed E-state index contributed by atoms with van der Waals surface area (Å²) in [6.07, 6.45) is 1.85. The third-order valence-corrected chi connectivity index (χ3v) is 3.10. The van der Waals surface area contributed by atoms with Crippen LogP contribution in [-0.4, -0.2) is 17.7 Å². The molecule has 0 heterocycles. The first-order valence-electron chi connectivity index (χ1n) is 6.70. The predicted molar refractivity (Wildman–Crippen MR) is 89.7 cm³/mol. The molecule has 0 aliphatic heterocycles. The minimum Gasteiger partial charge on any atom is -0.343 e. The van der Waals surface area contributed by atoms with Gasteiger partial charge in [0.05, 0.1) is 11.9 Å². The highest BCUT2D eigenvalue weighted by atomic mass is 15.1. The van der Waals surface area contributed by atoms with Crippen LogP contribution in [0, 0.1) is 6.92 Å². The van der Waals surface area contributed by atoms with Gasteiger partial charge in [0.2, 0.25) is 0 Å². The second-order valence-electron chi connectivity index (χ2n) is 5.19. The molecule has 0 atom stereocenters. The third-order valence-electron chi connectivity index (χ3n) is 3.10. The summed E-state index contributed by atoms with van der Waals surface area (Å²) in [6.45, 7) is 16.3. The molecule has 0 aliphatic rings. The van der Waals surface area contributed by atoms with Gasteiger partial charge < -0.3 is 4.90 Å². The molecule has 0 amide bonds. The van der Waals surface area contributed by atoms with Gasteiger partial charge in [-0.25, -0.2) is 0 Å². The van der Waals surface area contributed by atoms with Crippen molar-refractivity contribution in [1.82, 2.24) is 4.90 Å². The topological polar surface area (TPSA) is 15.6 Å². The summed E-state index contributed by atoms with van der Waals surface area (Å²) in [5.41, 5.74) is 6.24. The van der Waals surface area contributed by atoms with Crippen LogP contribution in [0.1, 0.15) is 31.9 Å². The lowest BCUT2D eigenvalue weighted by Gasteiger charge is -2.25. The molecule has 2 nitrogen and oxygen atoms in total. The van der Waals surface area contributed by atoms with Crippen LogP contribution in [0.25, 0.3) is 5.70 Å². The Morgan fingerprint density at radius 3 is 2.25 bits per heavy atom. The fourth-order valence-corrected chi connectivity index (χ4v) is 1.90. The zero-order valence-corrected chi connectivity index (χ0v) is 13.2. The lowest BCUT2D eigenvalue weighted by atomic mass is 10.1. The van der Waals surface area contributed by atoms with E-state index in [1.54, 1.807) is 0 Å². The molecule has 1 aromatic rings. The number of hydrogen-bond acceptors (Lipinski definition) is 2. The molecule has 0 spiro atoms. The summed E-state index contributed by atoms with van der Waals surface area (Å²) >= 11 is 0. The van der Waals surface area contributed by atoms with E-state index in [0.29, 0.717) is 0 Å². The van der Waals surface area contributed by atoms with Crippen molar-refractivity contribution in [3.05, 3.63) is 66.0 Å². The zero-order chi connectivity index (χ0) is 15.3. The van der Waals surface area contributed by atoms with E-state index in [4.69, 9.17) is 0 Å². The summed E-state index contributed by atoms with van der Waals surface area (Å²) in [6, 6.07) is 8.23. The van der Waals surface area contributed by atoms with E-state index < -0.39 is 0 Å². The fraction of sp³-hybridized carbons (Fsp3) is 0.278. The van der Waals surface area contributed by atoms with Crippen LogP contribution >= 0.6 is 0 Å². The lowest BCUT2D eigenvalue weighted by molar-refractivity contribution is 0.605. The fourth-order valence-electron chi connectivity index (χ4n) is 1.90. The molecule has 0 bridgehead atoms. The van der Waals surface area contributed by atoms with Crippen LogP contribution in [0.2, 0.25) is 0 Å². The molecular weight excluding hydrogens is 244 g/mol. The van der Waals surface area contributed by atoms with Crippen LogP contribution in [0.15, 0.2) is 59.9 Å². The molecule has 0 N–H and O–H groups in total. The standard InChI is InChI=1S/C18H24N2/c1-13(2)18(12-19-14(3)4)20(7)16(6)17-11-9-8-10-15(17)5/h8-12H,1,6H2,2-5,7H3/b18-12+. The highest BCUT2D eigenvalue weighted by Gasteiger charge is 2.12. The van der Waals surface area contributed by atoms with E-state index in [-0.39, 0.29) is 0 Å². The van der Waals surface area contributed by atoms with Gasteiger partial charge in [0.25, 0.3) is 0 Å². The zero-order valence-electron chi connectivity index (χ0n) is 13.2. The predicted octanol–water partition coefficient (Wildman–Crippen LogP) is 4.80. The summed E-state index contributed by atoms with van der Waals surface area (Å²) in [5, 5.41) is 0. The molecule has 0 radical (unpaired) electrons. The Bertz CT molecular complexity index is 573. The van der Waals surface area contributed by atoms with E-state index >= 15 is 0 Å². The molecule has 1 rings (SSSR count). The third kappa shape index (κ3) is 3.95. The Balaban J connectivity index is 3.14. The molecule has 20 heavy (non-hydrogen) atoms. The second kappa shape index (κ2) is 6.90. The number of likely N-dealkylation sites (N-methyl/N-ethyl adjacent to an activating group) is 1. The number of benzene rings is 1. The number of allylic oxidation sites excluding steroid dienone is 1. The normalized spacial score (nSPS) is 10.9. The van der Waals surface area contributed by atoms with Crippen molar-refractivity contribution in [2.45, 2.75) is 27.7 Å². The van der Waals surface area contributed by atoms with Crippen molar-refractivity contribution in [2.75, 3.05) is 7.05 Å². The first kappa shape index (κ1) is 16.0. The minimum absolute atomic E-state index is 0.946. The monoisotopic (exact) mass is 268 g/mol. The van der Waals surface area contributed by atoms with Crippen LogP contribution in [-0.2, 0) is 0 Å². The summed E-state index contributed by atoms with van der Waals surface area (Å²) < 4.78 is 0. The SMILES string of the molecule is C=C(C)/C(=C\N=C(C)C)N(C)C(=C)c1ccccc1C. The number of nitrogens with zero attached hydrogens (tertiary/aromatic N) is 2. The maximum atomic E-state index is 4.38. The molecule has 2 heteroatoms. The first-order valence-corrected chi connectivity index (χ1v) is 6.70. The molecule has 0 aliphatic carbocycles. The molecule has 0 aromatic heterocycles. The average Bonchev–Trinajstić information content (AvgIpc) is 2.37. The van der Waals surface area contributed by atoms with Gasteiger partial charge >= 0.3 is 0 Å². The Labute approximate surface area is 122 Å². The maximum Gasteiger partial charge on any atom is 0.0617 e. The first-order chi connectivity index (χ1) is 9.34. The van der Waals surface area contributed by atoms with Crippen molar-refractivity contribution in [1.29, 1.82) is 0 Å². The Hall–Kier alpha value is -2.09. The minimum atomic E-state index is 0.946. The molecule has 0 unspecified atom stereocenters. The van der Waals surface area contributed by atoms with E-state index in [1.165, 1.54) is 5.56 Å². The maximum absolute atomic E-state index is 4.38. The average molecular weight is 268 g/mol. The Kier molecular flexibility index (Phi) is 5.51. The molecule has 1 aromatic carbocycles. The van der Waals surface area contributed by atoms with Crippen molar-refractivity contribution < 1.29 is 0 Å². The smallest absolute Gasteiger partial charge is 0.0617 e. The van der Waals surface area contributed by atoms with Crippen molar-refractivity contribution >= 4 is 11.4 Å². The van der Waals surface area contributed by atoms with Gasteiger partial charge in [-0.2, -0.15) is 0 Å². The highest BCUT2D eigenvalue weighted by Crippen LogP contribution is 2.25. The molecule has 106 valence electrons. The largest absolute Gasteiger partial charge is 0.343 e. The quantitative estimate of drug-likeness (QED) is 0.553. The number of aliphatic imine (C=N–C) groups is 1. The highest BCUT2D eigenvalue weighted by molar-refractivity contribution is 5.79. The van der Waals surface area contributed by atoms with E-state index in [9.17, 15) is 0 Å². The number of aryl methyl sites for hydroxylation is 1. The van der Waals surface area contributed by atoms with Crippen LogP contribution < -0.4 is 0 Å². The van der Waals surface area contributed by atoms with Gasteiger partial charge in [-0.3, -0.25) is 4.99 Å². The Morgan fingerprint density at radius 2 is 1.75 bits per heavy atom. The van der Waals surface area contributed by atoms with E-state index in [0.717, 1.165) is 28.2 Å². The Morgan fingerprint density at radius 1 is 1.15 bits per heavy atom. The van der Waals surface area contributed by atoms with Crippen molar-refractivity contribution in [3.63, 3.8) is 0 Å². The second-order valence-corrected chi connectivity index (χ2v) is 5.19. The molecule has 0 fully saturated rings. The van der Waals surface area contributed by atoms with E-state index in [1.807, 2.05) is 51.1 Å². The summed E-state index contributed by atoms with van der Waals surface area (Å²) in [4.78, 5) is 6.42. The summed E-state index contributed by atoms with van der Waals surface area (Å²) in [5.74, 6) is 0. The van der Waals surface area contributed by atoms with Gasteiger partial charge in [0.1, 0.15) is 0 Å². The molecule has 0 saturated heterocycles. The van der Waals surface area contributed by atoms with Gasteiger partial charge in [-0.05, 0) is 38.8 Å². The van der Waals surface area contributed by atoms with Gasteiger partial charge in [-0.15, -0.1) is 0 Å². The summed E-state index contributed by atoms with van der Waals surface area (Å²) in [7, 11) is 2.00. The molecular formula is C18H24N2. The number of rotatable bonds is 5.